The highest BCUT2D eigenvalue weighted by molar-refractivity contribution is 7.15. The molecule has 3 rings (SSSR count). The summed E-state index contributed by atoms with van der Waals surface area (Å²) < 4.78 is 0. The second-order valence-electron chi connectivity index (χ2n) is 6.03. The van der Waals surface area contributed by atoms with Crippen molar-refractivity contribution < 1.29 is 4.79 Å². The maximum atomic E-state index is 12.6. The molecule has 0 spiro atoms. The van der Waals surface area contributed by atoms with Gasteiger partial charge in [0, 0.05) is 24.4 Å². The monoisotopic (exact) mass is 330 g/mol. The van der Waals surface area contributed by atoms with Crippen LogP contribution in [0.1, 0.15) is 30.0 Å². The lowest BCUT2D eigenvalue weighted by molar-refractivity contribution is -0.120. The average molecular weight is 330 g/mol. The molecule has 0 radical (unpaired) electrons. The zero-order valence-electron chi connectivity index (χ0n) is 13.5. The molecule has 0 saturated carbocycles. The van der Waals surface area contributed by atoms with Crippen molar-refractivity contribution in [3.05, 3.63) is 46.5 Å². The summed E-state index contributed by atoms with van der Waals surface area (Å²) in [5.41, 5.74) is 7.06. The molecule has 6 heteroatoms. The molecule has 0 fully saturated rings. The first-order valence-electron chi connectivity index (χ1n) is 7.87. The fourth-order valence-corrected chi connectivity index (χ4v) is 3.76. The summed E-state index contributed by atoms with van der Waals surface area (Å²) in [5.74, 6) is -0.234. The molecule has 1 amide bonds. The van der Waals surface area contributed by atoms with Crippen LogP contribution in [0.15, 0.2) is 30.3 Å². The van der Waals surface area contributed by atoms with Gasteiger partial charge in [0.1, 0.15) is 5.54 Å². The third kappa shape index (κ3) is 3.29. The Bertz CT molecular complexity index is 696. The van der Waals surface area contributed by atoms with Gasteiger partial charge in [-0.2, -0.15) is 0 Å². The fourth-order valence-electron chi connectivity index (χ4n) is 2.71. The van der Waals surface area contributed by atoms with Crippen molar-refractivity contribution in [3.63, 3.8) is 0 Å². The van der Waals surface area contributed by atoms with E-state index < -0.39 is 5.54 Å². The lowest BCUT2D eigenvalue weighted by atomic mass is 9.92. The summed E-state index contributed by atoms with van der Waals surface area (Å²) in [5, 5.41) is 3.54. The predicted molar refractivity (Wildman–Crippen MR) is 93.4 cm³/mol. The van der Waals surface area contributed by atoms with Crippen LogP contribution in [0.5, 0.6) is 0 Å². The number of nitrogens with two attached hydrogens (primary N) is 1. The minimum atomic E-state index is -1.08. The highest BCUT2D eigenvalue weighted by Crippen LogP contribution is 2.29. The number of hydrogen-bond acceptors (Lipinski definition) is 5. The molecule has 3 N–H and O–H groups in total. The maximum absolute atomic E-state index is 12.6. The van der Waals surface area contributed by atoms with E-state index in [1.807, 2.05) is 30.3 Å². The number of nitrogens with zero attached hydrogens (tertiary/aromatic N) is 2. The van der Waals surface area contributed by atoms with E-state index in [4.69, 9.17) is 5.73 Å². The van der Waals surface area contributed by atoms with Crippen molar-refractivity contribution in [2.24, 2.45) is 5.73 Å². The van der Waals surface area contributed by atoms with Crippen LogP contribution >= 0.6 is 11.3 Å². The molecule has 5 nitrogen and oxygen atoms in total. The zero-order valence-corrected chi connectivity index (χ0v) is 14.3. The highest BCUT2D eigenvalue weighted by Gasteiger charge is 2.31. The van der Waals surface area contributed by atoms with Gasteiger partial charge in [-0.25, -0.2) is 4.98 Å². The van der Waals surface area contributed by atoms with Gasteiger partial charge in [-0.15, -0.1) is 11.3 Å². The molecule has 2 heterocycles. The number of anilines is 1. The van der Waals surface area contributed by atoms with Gasteiger partial charge < -0.3 is 11.1 Å². The smallest absolute Gasteiger partial charge is 0.250 e. The molecule has 1 aromatic heterocycles. The second-order valence-corrected chi connectivity index (χ2v) is 7.11. The molecule has 0 bridgehead atoms. The number of nitrogens with one attached hydrogen (secondary N) is 1. The number of carbonyl (C=O) groups is 1. The Morgan fingerprint density at radius 3 is 2.87 bits per heavy atom. The number of amides is 1. The van der Waals surface area contributed by atoms with Gasteiger partial charge in [-0.1, -0.05) is 37.3 Å². The minimum absolute atomic E-state index is 0.234. The Morgan fingerprint density at radius 2 is 2.17 bits per heavy atom. The van der Waals surface area contributed by atoms with E-state index in [0.29, 0.717) is 5.13 Å². The summed E-state index contributed by atoms with van der Waals surface area (Å²) in [4.78, 5) is 20.8. The summed E-state index contributed by atoms with van der Waals surface area (Å²) in [6.45, 7) is 6.86. The Morgan fingerprint density at radius 1 is 1.43 bits per heavy atom. The summed E-state index contributed by atoms with van der Waals surface area (Å²) >= 11 is 1.55. The van der Waals surface area contributed by atoms with E-state index in [9.17, 15) is 4.79 Å². The fraction of sp³-hybridized carbons (Fsp3) is 0.412. The average Bonchev–Trinajstić information content (AvgIpc) is 2.96. The van der Waals surface area contributed by atoms with E-state index in [1.165, 1.54) is 4.88 Å². The SMILES string of the molecule is CCN1CCc2nc(NC(=O)C(C)(N)c3ccccc3)sc2C1. The van der Waals surface area contributed by atoms with Crippen LogP contribution in [0.25, 0.3) is 0 Å². The molecule has 1 aliphatic heterocycles. The van der Waals surface area contributed by atoms with Crippen LogP contribution < -0.4 is 11.1 Å². The van der Waals surface area contributed by atoms with Crippen LogP contribution in [-0.2, 0) is 23.3 Å². The van der Waals surface area contributed by atoms with Gasteiger partial charge in [0.15, 0.2) is 5.13 Å². The van der Waals surface area contributed by atoms with Crippen LogP contribution in [0.2, 0.25) is 0 Å². The van der Waals surface area contributed by atoms with Gasteiger partial charge in [-0.3, -0.25) is 9.69 Å². The molecule has 0 saturated heterocycles. The van der Waals surface area contributed by atoms with E-state index in [-0.39, 0.29) is 5.91 Å². The number of fused-ring (bicyclic) bond motifs is 1. The molecule has 2 aromatic rings. The first-order valence-corrected chi connectivity index (χ1v) is 8.69. The second kappa shape index (κ2) is 6.39. The molecular weight excluding hydrogens is 308 g/mol. The molecular formula is C17H22N4OS. The summed E-state index contributed by atoms with van der Waals surface area (Å²) in [6.07, 6.45) is 0.939. The number of hydrogen-bond donors (Lipinski definition) is 2. The van der Waals surface area contributed by atoms with Crippen molar-refractivity contribution >= 4 is 22.4 Å². The van der Waals surface area contributed by atoms with E-state index in [1.54, 1.807) is 18.3 Å². The number of rotatable bonds is 4. The third-order valence-electron chi connectivity index (χ3n) is 4.32. The van der Waals surface area contributed by atoms with Crippen molar-refractivity contribution in [2.75, 3.05) is 18.4 Å². The van der Waals surface area contributed by atoms with Gasteiger partial charge >= 0.3 is 0 Å². The Balaban J connectivity index is 1.75. The van der Waals surface area contributed by atoms with Gasteiger partial charge in [0.05, 0.1) is 5.69 Å². The van der Waals surface area contributed by atoms with Crippen molar-refractivity contribution in [3.8, 4) is 0 Å². The lowest BCUT2D eigenvalue weighted by Gasteiger charge is -2.23. The maximum Gasteiger partial charge on any atom is 0.250 e. The predicted octanol–water partition coefficient (Wildman–Crippen LogP) is 2.33. The molecule has 1 atom stereocenters. The quantitative estimate of drug-likeness (QED) is 0.902. The van der Waals surface area contributed by atoms with Gasteiger partial charge in [0.25, 0.3) is 5.91 Å². The summed E-state index contributed by atoms with van der Waals surface area (Å²) in [6, 6.07) is 9.41. The van der Waals surface area contributed by atoms with Crippen LogP contribution in [0, 0.1) is 0 Å². The van der Waals surface area contributed by atoms with Gasteiger partial charge in [-0.05, 0) is 19.0 Å². The number of thiazole rings is 1. The highest BCUT2D eigenvalue weighted by atomic mass is 32.1. The number of carbonyl (C=O) groups excluding carboxylic acids is 1. The third-order valence-corrected chi connectivity index (χ3v) is 5.32. The standard InChI is InChI=1S/C17H22N4OS/c1-3-21-10-9-13-14(11-21)23-16(19-13)20-15(22)17(2,18)12-7-5-4-6-8-12/h4-8H,3,9-11,18H2,1-2H3,(H,19,20,22). The zero-order chi connectivity index (χ0) is 16.4. The van der Waals surface area contributed by atoms with E-state index >= 15 is 0 Å². The van der Waals surface area contributed by atoms with Crippen LogP contribution in [0.4, 0.5) is 5.13 Å². The molecule has 122 valence electrons. The number of aromatic nitrogens is 1. The largest absolute Gasteiger partial charge is 0.314 e. The molecule has 1 aromatic carbocycles. The van der Waals surface area contributed by atoms with E-state index in [2.05, 4.69) is 22.1 Å². The molecule has 23 heavy (non-hydrogen) atoms. The van der Waals surface area contributed by atoms with Crippen LogP contribution in [0.3, 0.4) is 0 Å². The normalized spacial score (nSPS) is 17.3. The number of likely N-dealkylation sites (N-methyl/N-ethyl adjacent to an activating group) is 1. The molecule has 1 aliphatic rings. The number of benzene rings is 1. The minimum Gasteiger partial charge on any atom is -0.314 e. The first-order chi connectivity index (χ1) is 11.0. The Kier molecular flexibility index (Phi) is 4.48. The molecule has 1 unspecified atom stereocenters. The first kappa shape index (κ1) is 16.1. The van der Waals surface area contributed by atoms with Crippen molar-refractivity contribution in [1.82, 2.24) is 9.88 Å². The van der Waals surface area contributed by atoms with Crippen molar-refractivity contribution in [2.45, 2.75) is 32.4 Å². The Hall–Kier alpha value is -1.76. The Labute approximate surface area is 140 Å². The van der Waals surface area contributed by atoms with Crippen LogP contribution in [-0.4, -0.2) is 28.9 Å². The topological polar surface area (TPSA) is 71.2 Å². The summed E-state index contributed by atoms with van der Waals surface area (Å²) in [7, 11) is 0. The van der Waals surface area contributed by atoms with Crippen molar-refractivity contribution in [1.29, 1.82) is 0 Å². The van der Waals surface area contributed by atoms with E-state index in [0.717, 1.165) is 37.3 Å². The van der Waals surface area contributed by atoms with Gasteiger partial charge in [0.2, 0.25) is 0 Å². The lowest BCUT2D eigenvalue weighted by Crippen LogP contribution is -2.45. The molecule has 0 aliphatic carbocycles.